The number of aromatic nitrogens is 3. The van der Waals surface area contributed by atoms with Crippen molar-refractivity contribution in [1.29, 1.82) is 0 Å². The van der Waals surface area contributed by atoms with E-state index < -0.39 is 17.2 Å². The van der Waals surface area contributed by atoms with Gasteiger partial charge in [0.05, 0.1) is 11.1 Å². The largest absolute Gasteiger partial charge is 0.384 e. The number of rotatable bonds is 2. The van der Waals surface area contributed by atoms with Crippen LogP contribution in [-0.4, -0.2) is 32.6 Å². The van der Waals surface area contributed by atoms with E-state index in [0.29, 0.717) is 4.88 Å². The van der Waals surface area contributed by atoms with Crippen molar-refractivity contribution in [2.24, 2.45) is 0 Å². The highest BCUT2D eigenvalue weighted by atomic mass is 32.1. The van der Waals surface area contributed by atoms with Gasteiger partial charge in [-0.2, -0.15) is 0 Å². The molecule has 2 aromatic heterocycles. The Morgan fingerprint density at radius 2 is 2.30 bits per heavy atom. The Morgan fingerprint density at radius 3 is 3.00 bits per heavy atom. The van der Waals surface area contributed by atoms with Crippen LogP contribution in [0.3, 0.4) is 0 Å². The van der Waals surface area contributed by atoms with Crippen molar-refractivity contribution < 1.29 is 9.90 Å². The molecule has 0 aliphatic carbocycles. The molecule has 0 saturated carbocycles. The van der Waals surface area contributed by atoms with Crippen LogP contribution in [0.5, 0.6) is 0 Å². The van der Waals surface area contributed by atoms with Crippen LogP contribution in [0.4, 0.5) is 5.13 Å². The molecule has 0 aromatic carbocycles. The van der Waals surface area contributed by atoms with Gasteiger partial charge in [-0.05, 0) is 0 Å². The van der Waals surface area contributed by atoms with Crippen LogP contribution in [0.25, 0.3) is 0 Å². The Kier molecular flexibility index (Phi) is 4.09. The Morgan fingerprint density at radius 1 is 1.50 bits per heavy atom. The van der Waals surface area contributed by atoms with Crippen molar-refractivity contribution in [2.75, 3.05) is 11.9 Å². The first-order valence-electron chi connectivity index (χ1n) is 5.29. The van der Waals surface area contributed by atoms with E-state index in [0.717, 1.165) is 17.5 Å². The topological polar surface area (TPSA) is 128 Å². The third kappa shape index (κ3) is 3.19. The number of hydrogen-bond acceptors (Lipinski definition) is 6. The molecule has 0 aliphatic heterocycles. The van der Waals surface area contributed by atoms with Crippen LogP contribution in [0.2, 0.25) is 0 Å². The fourth-order valence-electron chi connectivity index (χ4n) is 1.26. The van der Waals surface area contributed by atoms with Gasteiger partial charge in [0.15, 0.2) is 5.13 Å². The second-order valence-electron chi connectivity index (χ2n) is 3.43. The lowest BCUT2D eigenvalue weighted by molar-refractivity contribution is 0.102. The molecule has 0 spiro atoms. The monoisotopic (exact) mass is 292 g/mol. The molecule has 0 bridgehead atoms. The van der Waals surface area contributed by atoms with Gasteiger partial charge in [-0.25, -0.2) is 9.78 Å². The molecule has 0 fully saturated rings. The Hall–Kier alpha value is -2.70. The smallest absolute Gasteiger partial charge is 0.325 e. The number of anilines is 1. The summed E-state index contributed by atoms with van der Waals surface area (Å²) in [5.74, 6) is 4.39. The van der Waals surface area contributed by atoms with Gasteiger partial charge in [0, 0.05) is 6.20 Å². The summed E-state index contributed by atoms with van der Waals surface area (Å²) in [6, 6.07) is 0. The van der Waals surface area contributed by atoms with Crippen molar-refractivity contribution in [3.8, 4) is 11.8 Å². The molecule has 0 aliphatic rings. The number of carbonyl (C=O) groups is 1. The molecule has 2 rings (SSSR count). The zero-order valence-electron chi connectivity index (χ0n) is 9.89. The summed E-state index contributed by atoms with van der Waals surface area (Å²) >= 11 is 1.09. The fourth-order valence-corrected chi connectivity index (χ4v) is 1.95. The minimum Gasteiger partial charge on any atom is -0.384 e. The third-order valence-corrected chi connectivity index (χ3v) is 2.91. The van der Waals surface area contributed by atoms with E-state index >= 15 is 0 Å². The highest BCUT2D eigenvalue weighted by Crippen LogP contribution is 2.17. The van der Waals surface area contributed by atoms with E-state index in [1.54, 1.807) is 0 Å². The van der Waals surface area contributed by atoms with Crippen LogP contribution in [0, 0.1) is 11.8 Å². The van der Waals surface area contributed by atoms with E-state index in [9.17, 15) is 14.4 Å². The molecule has 2 aromatic rings. The van der Waals surface area contributed by atoms with Gasteiger partial charge >= 0.3 is 5.69 Å². The average Bonchev–Trinajstić information content (AvgIpc) is 2.83. The first-order valence-corrected chi connectivity index (χ1v) is 6.10. The number of nitrogens with zero attached hydrogens (tertiary/aromatic N) is 1. The van der Waals surface area contributed by atoms with Crippen molar-refractivity contribution in [3.63, 3.8) is 0 Å². The summed E-state index contributed by atoms with van der Waals surface area (Å²) in [4.78, 5) is 42.7. The van der Waals surface area contributed by atoms with E-state index in [4.69, 9.17) is 5.11 Å². The second kappa shape index (κ2) is 5.96. The standard InChI is InChI=1S/C11H8N4O4S/c16-3-1-2-6-4-13-11(20-6)15-9(18)7-5-12-10(19)14-8(7)17/h4-5,16H,3H2,(H,13,15,18)(H2,12,14,17,19). The van der Waals surface area contributed by atoms with Crippen LogP contribution in [0.1, 0.15) is 15.2 Å². The van der Waals surface area contributed by atoms with Crippen molar-refractivity contribution in [2.45, 2.75) is 0 Å². The SMILES string of the molecule is O=C(Nc1ncc(C#CCO)s1)c1c[nH]c(=O)[nH]c1=O. The predicted octanol–water partition coefficient (Wildman–Crippen LogP) is -0.884. The number of amides is 1. The summed E-state index contributed by atoms with van der Waals surface area (Å²) in [6.45, 7) is -0.271. The van der Waals surface area contributed by atoms with Gasteiger partial charge in [-0.1, -0.05) is 23.2 Å². The highest BCUT2D eigenvalue weighted by Gasteiger charge is 2.12. The number of aromatic amines is 2. The number of aliphatic hydroxyl groups excluding tert-OH is 1. The van der Waals surface area contributed by atoms with Crippen LogP contribution >= 0.6 is 11.3 Å². The van der Waals surface area contributed by atoms with Crippen molar-refractivity contribution in [3.05, 3.63) is 43.7 Å². The Bertz CT molecular complexity index is 808. The first-order chi connectivity index (χ1) is 9.60. The molecule has 1 amide bonds. The third-order valence-electron chi connectivity index (χ3n) is 2.08. The van der Waals surface area contributed by atoms with Crippen LogP contribution in [-0.2, 0) is 0 Å². The highest BCUT2D eigenvalue weighted by molar-refractivity contribution is 7.16. The van der Waals surface area contributed by atoms with Crippen LogP contribution in [0.15, 0.2) is 22.0 Å². The minimum atomic E-state index is -0.789. The normalized spacial score (nSPS) is 9.65. The maximum Gasteiger partial charge on any atom is 0.325 e. The summed E-state index contributed by atoms with van der Waals surface area (Å²) < 4.78 is 0. The van der Waals surface area contributed by atoms with Crippen LogP contribution < -0.4 is 16.6 Å². The number of carbonyl (C=O) groups excluding carboxylic acids is 1. The molecular weight excluding hydrogens is 284 g/mol. The molecule has 9 heteroatoms. The maximum atomic E-state index is 11.8. The average molecular weight is 292 g/mol. The number of hydrogen-bond donors (Lipinski definition) is 4. The number of aliphatic hydroxyl groups is 1. The molecular formula is C11H8N4O4S. The zero-order chi connectivity index (χ0) is 14.5. The summed E-state index contributed by atoms with van der Waals surface area (Å²) in [5, 5.41) is 11.2. The summed E-state index contributed by atoms with van der Waals surface area (Å²) in [7, 11) is 0. The second-order valence-corrected chi connectivity index (χ2v) is 4.46. The predicted molar refractivity (Wildman–Crippen MR) is 71.7 cm³/mol. The molecule has 20 heavy (non-hydrogen) atoms. The van der Waals surface area contributed by atoms with Gasteiger partial charge in [-0.3, -0.25) is 19.9 Å². The Labute approximate surface area is 115 Å². The number of nitrogens with one attached hydrogen (secondary N) is 3. The lowest BCUT2D eigenvalue weighted by Gasteiger charge is -1.99. The van der Waals surface area contributed by atoms with Gasteiger partial charge in [0.1, 0.15) is 12.2 Å². The van der Waals surface area contributed by atoms with E-state index in [-0.39, 0.29) is 17.3 Å². The number of thiazole rings is 1. The number of H-pyrrole nitrogens is 2. The minimum absolute atomic E-state index is 0.234. The molecule has 2 heterocycles. The summed E-state index contributed by atoms with van der Waals surface area (Å²) in [5.41, 5.74) is -1.71. The zero-order valence-corrected chi connectivity index (χ0v) is 10.7. The molecule has 0 radical (unpaired) electrons. The summed E-state index contributed by atoms with van der Waals surface area (Å²) in [6.07, 6.45) is 2.45. The molecule has 102 valence electrons. The lowest BCUT2D eigenvalue weighted by Crippen LogP contribution is -2.29. The van der Waals surface area contributed by atoms with Gasteiger partial charge < -0.3 is 10.1 Å². The van der Waals surface area contributed by atoms with E-state index in [2.05, 4.69) is 27.1 Å². The lowest BCUT2D eigenvalue weighted by atomic mass is 10.3. The van der Waals surface area contributed by atoms with Gasteiger partial charge in [0.2, 0.25) is 0 Å². The molecule has 0 atom stereocenters. The molecule has 0 saturated heterocycles. The first kappa shape index (κ1) is 13.7. The molecule has 4 N–H and O–H groups in total. The van der Waals surface area contributed by atoms with Crippen molar-refractivity contribution in [1.82, 2.24) is 15.0 Å². The van der Waals surface area contributed by atoms with Gasteiger partial charge in [0.25, 0.3) is 11.5 Å². The van der Waals surface area contributed by atoms with E-state index in [1.165, 1.54) is 6.20 Å². The quantitative estimate of drug-likeness (QED) is 0.534. The molecule has 0 unspecified atom stereocenters. The van der Waals surface area contributed by atoms with E-state index in [1.807, 2.05) is 4.98 Å². The maximum absolute atomic E-state index is 11.8. The molecule has 8 nitrogen and oxygen atoms in total. The van der Waals surface area contributed by atoms with Gasteiger partial charge in [-0.15, -0.1) is 0 Å². The Balaban J connectivity index is 2.17. The fraction of sp³-hybridized carbons (Fsp3) is 0.0909. The van der Waals surface area contributed by atoms with Crippen molar-refractivity contribution >= 4 is 22.4 Å².